The number of aryl methyl sites for hydroxylation is 2. The van der Waals surface area contributed by atoms with E-state index in [4.69, 9.17) is 5.73 Å². The second-order valence-corrected chi connectivity index (χ2v) is 2.89. The molecule has 0 spiro atoms. The molecular formula is C9H12N2O2. The van der Waals surface area contributed by atoms with E-state index in [0.717, 1.165) is 0 Å². The quantitative estimate of drug-likeness (QED) is 0.698. The lowest BCUT2D eigenvalue weighted by atomic mass is 10.1. The molecule has 0 aliphatic carbocycles. The van der Waals surface area contributed by atoms with Crippen molar-refractivity contribution in [2.24, 2.45) is 12.8 Å². The first-order valence-electron chi connectivity index (χ1n) is 4.05. The summed E-state index contributed by atoms with van der Waals surface area (Å²) in [6.07, 6.45) is 2.05. The number of carbonyl (C=O) groups excluding carboxylic acids is 1. The van der Waals surface area contributed by atoms with Crippen molar-refractivity contribution in [3.8, 4) is 0 Å². The molecule has 0 bridgehead atoms. The van der Waals surface area contributed by atoms with E-state index >= 15 is 0 Å². The molecule has 1 heterocycles. The SMILES string of the molecule is CCc1cc(C(N)=O)cn(C)c1=O. The summed E-state index contributed by atoms with van der Waals surface area (Å²) in [6.45, 7) is 1.86. The van der Waals surface area contributed by atoms with Crippen molar-refractivity contribution < 1.29 is 4.79 Å². The van der Waals surface area contributed by atoms with Crippen LogP contribution in [0.25, 0.3) is 0 Å². The van der Waals surface area contributed by atoms with Crippen LogP contribution in [0.4, 0.5) is 0 Å². The highest BCUT2D eigenvalue weighted by molar-refractivity contribution is 5.92. The molecule has 1 rings (SSSR count). The van der Waals surface area contributed by atoms with Crippen LogP contribution in [0.1, 0.15) is 22.8 Å². The number of carbonyl (C=O) groups is 1. The molecule has 1 aromatic rings. The smallest absolute Gasteiger partial charge is 0.253 e. The van der Waals surface area contributed by atoms with Gasteiger partial charge in [-0.05, 0) is 12.5 Å². The second kappa shape index (κ2) is 3.43. The number of primary amides is 1. The first kappa shape index (κ1) is 9.51. The third-order valence-corrected chi connectivity index (χ3v) is 1.92. The number of hydrogen-bond acceptors (Lipinski definition) is 2. The fourth-order valence-corrected chi connectivity index (χ4v) is 1.17. The Balaban J connectivity index is 3.39. The van der Waals surface area contributed by atoms with Crippen LogP contribution in [0, 0.1) is 0 Å². The molecule has 1 aromatic heterocycles. The van der Waals surface area contributed by atoms with Crippen molar-refractivity contribution in [3.63, 3.8) is 0 Å². The standard InChI is InChI=1S/C9H12N2O2/c1-3-6-4-7(8(10)12)5-11(2)9(6)13/h4-5H,3H2,1-2H3,(H2,10,12). The van der Waals surface area contributed by atoms with Crippen molar-refractivity contribution in [3.05, 3.63) is 33.7 Å². The molecule has 2 N–H and O–H groups in total. The molecule has 0 aromatic carbocycles. The maximum atomic E-state index is 11.4. The lowest BCUT2D eigenvalue weighted by molar-refractivity contribution is 0.0999. The van der Waals surface area contributed by atoms with Gasteiger partial charge in [0.25, 0.3) is 5.56 Å². The van der Waals surface area contributed by atoms with Crippen LogP contribution < -0.4 is 11.3 Å². The van der Waals surface area contributed by atoms with E-state index in [2.05, 4.69) is 0 Å². The maximum absolute atomic E-state index is 11.4. The van der Waals surface area contributed by atoms with Crippen LogP contribution in [0.15, 0.2) is 17.1 Å². The second-order valence-electron chi connectivity index (χ2n) is 2.89. The van der Waals surface area contributed by atoms with Crippen molar-refractivity contribution in [1.29, 1.82) is 0 Å². The summed E-state index contributed by atoms with van der Waals surface area (Å²) >= 11 is 0. The zero-order chi connectivity index (χ0) is 10.0. The van der Waals surface area contributed by atoms with Gasteiger partial charge in [-0.25, -0.2) is 0 Å². The molecule has 0 fully saturated rings. The minimum absolute atomic E-state index is 0.0764. The third-order valence-electron chi connectivity index (χ3n) is 1.92. The number of nitrogens with zero attached hydrogens (tertiary/aromatic N) is 1. The van der Waals surface area contributed by atoms with Gasteiger partial charge in [-0.2, -0.15) is 0 Å². The van der Waals surface area contributed by atoms with Crippen molar-refractivity contribution in [2.45, 2.75) is 13.3 Å². The average Bonchev–Trinajstić information content (AvgIpc) is 2.09. The normalized spacial score (nSPS) is 10.0. The molecule has 0 unspecified atom stereocenters. The van der Waals surface area contributed by atoms with Gasteiger partial charge in [0, 0.05) is 18.8 Å². The Morgan fingerprint density at radius 3 is 2.69 bits per heavy atom. The van der Waals surface area contributed by atoms with E-state index in [1.54, 1.807) is 13.1 Å². The Hall–Kier alpha value is -1.58. The van der Waals surface area contributed by atoms with Gasteiger partial charge in [-0.15, -0.1) is 0 Å². The van der Waals surface area contributed by atoms with Gasteiger partial charge in [0.05, 0.1) is 5.56 Å². The zero-order valence-electron chi connectivity index (χ0n) is 7.70. The summed E-state index contributed by atoms with van der Waals surface area (Å²) in [5, 5.41) is 0. The predicted octanol–water partition coefficient (Wildman–Crippen LogP) is 0.0466. The summed E-state index contributed by atoms with van der Waals surface area (Å²) in [7, 11) is 1.61. The van der Waals surface area contributed by atoms with E-state index in [1.165, 1.54) is 10.8 Å². The number of aromatic nitrogens is 1. The summed E-state index contributed by atoms with van der Waals surface area (Å²) in [5.74, 6) is -0.509. The van der Waals surface area contributed by atoms with Crippen LogP contribution in [0.2, 0.25) is 0 Å². The Labute approximate surface area is 76.0 Å². The van der Waals surface area contributed by atoms with Gasteiger partial charge >= 0.3 is 0 Å². The molecule has 1 amide bonds. The molecule has 0 aliphatic heterocycles. The molecule has 0 saturated carbocycles. The van der Waals surface area contributed by atoms with E-state index < -0.39 is 5.91 Å². The monoisotopic (exact) mass is 180 g/mol. The van der Waals surface area contributed by atoms with E-state index in [9.17, 15) is 9.59 Å². The molecule has 70 valence electrons. The summed E-state index contributed by atoms with van der Waals surface area (Å²) in [5.41, 5.74) is 6.01. The Bertz CT molecular complexity index is 393. The third kappa shape index (κ3) is 1.77. The number of amides is 1. The van der Waals surface area contributed by atoms with Gasteiger partial charge in [-0.1, -0.05) is 6.92 Å². The van der Waals surface area contributed by atoms with Crippen LogP contribution in [0.5, 0.6) is 0 Å². The molecule has 0 radical (unpaired) electrons. The zero-order valence-corrected chi connectivity index (χ0v) is 7.70. The number of pyridine rings is 1. The van der Waals surface area contributed by atoms with E-state index in [1.807, 2.05) is 6.92 Å². The van der Waals surface area contributed by atoms with Crippen LogP contribution >= 0.6 is 0 Å². The van der Waals surface area contributed by atoms with Crippen molar-refractivity contribution in [2.75, 3.05) is 0 Å². The molecule has 4 heteroatoms. The fraction of sp³-hybridized carbons (Fsp3) is 0.333. The number of rotatable bonds is 2. The highest BCUT2D eigenvalue weighted by Gasteiger charge is 2.05. The Morgan fingerprint density at radius 1 is 1.62 bits per heavy atom. The summed E-state index contributed by atoms with van der Waals surface area (Å²) in [4.78, 5) is 22.2. The highest BCUT2D eigenvalue weighted by Crippen LogP contribution is 1.99. The minimum atomic E-state index is -0.509. The highest BCUT2D eigenvalue weighted by atomic mass is 16.1. The molecular weight excluding hydrogens is 168 g/mol. The van der Waals surface area contributed by atoms with Crippen LogP contribution in [-0.2, 0) is 13.5 Å². The lowest BCUT2D eigenvalue weighted by Crippen LogP contribution is -2.23. The molecule has 0 aliphatic rings. The summed E-state index contributed by atoms with van der Waals surface area (Å²) < 4.78 is 1.37. The van der Waals surface area contributed by atoms with Crippen LogP contribution in [0.3, 0.4) is 0 Å². The van der Waals surface area contributed by atoms with Gasteiger partial charge in [0.1, 0.15) is 0 Å². The van der Waals surface area contributed by atoms with Gasteiger partial charge in [0.2, 0.25) is 5.91 Å². The van der Waals surface area contributed by atoms with E-state index in [-0.39, 0.29) is 5.56 Å². The number of nitrogens with two attached hydrogens (primary N) is 1. The number of hydrogen-bond donors (Lipinski definition) is 1. The van der Waals surface area contributed by atoms with Gasteiger partial charge in [-0.3, -0.25) is 9.59 Å². The lowest BCUT2D eigenvalue weighted by Gasteiger charge is -2.03. The molecule has 4 nitrogen and oxygen atoms in total. The fourth-order valence-electron chi connectivity index (χ4n) is 1.17. The largest absolute Gasteiger partial charge is 0.366 e. The molecule has 0 saturated heterocycles. The summed E-state index contributed by atoms with van der Waals surface area (Å²) in [6, 6.07) is 1.55. The van der Waals surface area contributed by atoms with Crippen LogP contribution in [-0.4, -0.2) is 10.5 Å². The van der Waals surface area contributed by atoms with Crippen molar-refractivity contribution >= 4 is 5.91 Å². The van der Waals surface area contributed by atoms with Crippen molar-refractivity contribution in [1.82, 2.24) is 4.57 Å². The molecule has 13 heavy (non-hydrogen) atoms. The Morgan fingerprint density at radius 2 is 2.23 bits per heavy atom. The van der Waals surface area contributed by atoms with Gasteiger partial charge in [0.15, 0.2) is 0 Å². The van der Waals surface area contributed by atoms with E-state index in [0.29, 0.717) is 17.5 Å². The predicted molar refractivity (Wildman–Crippen MR) is 49.6 cm³/mol. The minimum Gasteiger partial charge on any atom is -0.366 e. The average molecular weight is 180 g/mol. The maximum Gasteiger partial charge on any atom is 0.253 e. The Kier molecular flexibility index (Phi) is 2.51. The first-order valence-corrected chi connectivity index (χ1v) is 4.05. The molecule has 0 atom stereocenters. The van der Waals surface area contributed by atoms with Gasteiger partial charge < -0.3 is 10.3 Å². The topological polar surface area (TPSA) is 65.1 Å². The first-order chi connectivity index (χ1) is 6.06.